The number of fused-ring (bicyclic) bond motifs is 2. The Morgan fingerprint density at radius 2 is 1.96 bits per heavy atom. The highest BCUT2D eigenvalue weighted by molar-refractivity contribution is 5.85. The van der Waals surface area contributed by atoms with Crippen LogP contribution in [0.2, 0.25) is 0 Å². The molecule has 2 aliphatic rings. The Morgan fingerprint density at radius 1 is 1.26 bits per heavy atom. The standard InChI is InChI=1S/C19H26F3NO3.ClH/c1-23(2)11-16-13-5-4-12(8-13)10-18(16,24)15-9-14(25-3)6-7-17(15)26-19(20,21)22;/h6-7,9,12-13,16,24H,4-5,8,10-11H2,1-3H3;1H. The van der Waals surface area contributed by atoms with Crippen LogP contribution in [0.5, 0.6) is 11.5 Å². The molecule has 3 rings (SSSR count). The van der Waals surface area contributed by atoms with E-state index in [1.165, 1.54) is 25.3 Å². The molecule has 0 saturated heterocycles. The van der Waals surface area contributed by atoms with Crippen LogP contribution in [0.4, 0.5) is 13.2 Å². The molecule has 2 fully saturated rings. The summed E-state index contributed by atoms with van der Waals surface area (Å²) in [7, 11) is 5.29. The summed E-state index contributed by atoms with van der Waals surface area (Å²) in [6, 6.07) is 4.16. The van der Waals surface area contributed by atoms with Crippen molar-refractivity contribution in [3.63, 3.8) is 0 Å². The maximum absolute atomic E-state index is 12.9. The van der Waals surface area contributed by atoms with Crippen LogP contribution < -0.4 is 9.47 Å². The van der Waals surface area contributed by atoms with Gasteiger partial charge in [-0.25, -0.2) is 0 Å². The zero-order valence-electron chi connectivity index (χ0n) is 15.8. The van der Waals surface area contributed by atoms with Gasteiger partial charge in [0.1, 0.15) is 11.5 Å². The van der Waals surface area contributed by atoms with Crippen molar-refractivity contribution in [3.8, 4) is 11.5 Å². The van der Waals surface area contributed by atoms with Gasteiger partial charge in [0, 0.05) is 18.0 Å². The molecule has 0 heterocycles. The highest BCUT2D eigenvalue weighted by Gasteiger charge is 2.53. The van der Waals surface area contributed by atoms with Crippen molar-refractivity contribution in [2.75, 3.05) is 27.7 Å². The lowest BCUT2D eigenvalue weighted by Gasteiger charge is -2.46. The maximum Gasteiger partial charge on any atom is 0.573 e. The summed E-state index contributed by atoms with van der Waals surface area (Å²) >= 11 is 0. The van der Waals surface area contributed by atoms with Gasteiger partial charge in [0.05, 0.1) is 12.7 Å². The molecule has 1 aromatic carbocycles. The zero-order chi connectivity index (χ0) is 19.1. The van der Waals surface area contributed by atoms with Crippen molar-refractivity contribution >= 4 is 12.4 Å². The smallest absolute Gasteiger partial charge is 0.497 e. The monoisotopic (exact) mass is 409 g/mol. The highest BCUT2D eigenvalue weighted by Crippen LogP contribution is 2.56. The first-order valence-corrected chi connectivity index (χ1v) is 8.93. The largest absolute Gasteiger partial charge is 0.573 e. The quantitative estimate of drug-likeness (QED) is 0.791. The molecule has 2 saturated carbocycles. The van der Waals surface area contributed by atoms with Crippen LogP contribution in [-0.4, -0.2) is 44.1 Å². The fourth-order valence-electron chi connectivity index (χ4n) is 4.84. The Kier molecular flexibility index (Phi) is 6.59. The maximum atomic E-state index is 12.9. The van der Waals surface area contributed by atoms with Crippen LogP contribution in [0, 0.1) is 17.8 Å². The van der Waals surface area contributed by atoms with Crippen molar-refractivity contribution < 1.29 is 27.8 Å². The first-order chi connectivity index (χ1) is 12.1. The van der Waals surface area contributed by atoms with E-state index in [0.717, 1.165) is 19.3 Å². The number of benzene rings is 1. The SMILES string of the molecule is COc1ccc(OC(F)(F)F)c(C2(O)CC3CCC(C3)C2CN(C)C)c1.Cl. The summed E-state index contributed by atoms with van der Waals surface area (Å²) in [6.45, 7) is 0.608. The number of hydrogen-bond donors (Lipinski definition) is 1. The van der Waals surface area contributed by atoms with Gasteiger partial charge >= 0.3 is 6.36 Å². The van der Waals surface area contributed by atoms with Gasteiger partial charge in [0.25, 0.3) is 0 Å². The zero-order valence-corrected chi connectivity index (χ0v) is 16.6. The number of rotatable bonds is 5. The number of nitrogens with zero attached hydrogens (tertiary/aromatic N) is 1. The lowest BCUT2D eigenvalue weighted by molar-refractivity contribution is -0.275. The Bertz CT molecular complexity index is 656. The van der Waals surface area contributed by atoms with E-state index in [0.29, 0.717) is 30.6 Å². The molecule has 0 aliphatic heterocycles. The minimum atomic E-state index is -4.82. The molecule has 2 aliphatic carbocycles. The fourth-order valence-corrected chi connectivity index (χ4v) is 4.84. The van der Waals surface area contributed by atoms with Gasteiger partial charge in [0.2, 0.25) is 0 Å². The minimum absolute atomic E-state index is 0. The molecule has 1 aromatic rings. The van der Waals surface area contributed by atoms with Crippen molar-refractivity contribution in [2.45, 2.75) is 37.6 Å². The second kappa shape index (κ2) is 8.05. The summed E-state index contributed by atoms with van der Waals surface area (Å²) in [4.78, 5) is 1.98. The van der Waals surface area contributed by atoms with Crippen LogP contribution in [0.15, 0.2) is 18.2 Å². The molecular formula is C19H27ClF3NO3. The van der Waals surface area contributed by atoms with Crippen LogP contribution in [0.25, 0.3) is 0 Å². The van der Waals surface area contributed by atoms with E-state index < -0.39 is 12.0 Å². The Morgan fingerprint density at radius 3 is 2.56 bits per heavy atom. The number of ether oxygens (including phenoxy) is 2. The first kappa shape index (κ1) is 22.1. The molecule has 2 bridgehead atoms. The third-order valence-corrected chi connectivity index (χ3v) is 5.80. The summed E-state index contributed by atoms with van der Waals surface area (Å²) in [5, 5.41) is 11.7. The van der Waals surface area contributed by atoms with E-state index in [1.54, 1.807) is 0 Å². The summed E-state index contributed by atoms with van der Waals surface area (Å²) in [6.07, 6.45) is -1.32. The molecule has 0 aromatic heterocycles. The molecule has 1 N–H and O–H groups in total. The van der Waals surface area contributed by atoms with Crippen molar-refractivity contribution in [2.24, 2.45) is 17.8 Å². The second-order valence-corrected chi connectivity index (χ2v) is 7.85. The van der Waals surface area contributed by atoms with Crippen LogP contribution >= 0.6 is 12.4 Å². The topological polar surface area (TPSA) is 41.9 Å². The van der Waals surface area contributed by atoms with E-state index in [1.807, 2.05) is 19.0 Å². The predicted molar refractivity (Wildman–Crippen MR) is 98.3 cm³/mol. The third-order valence-electron chi connectivity index (χ3n) is 5.80. The molecule has 27 heavy (non-hydrogen) atoms. The van der Waals surface area contributed by atoms with Crippen LogP contribution in [0.3, 0.4) is 0 Å². The number of aliphatic hydroxyl groups is 1. The molecule has 4 unspecified atom stereocenters. The number of halogens is 4. The second-order valence-electron chi connectivity index (χ2n) is 7.85. The average Bonchev–Trinajstić information content (AvgIpc) is 2.93. The van der Waals surface area contributed by atoms with Gasteiger partial charge < -0.3 is 19.5 Å². The van der Waals surface area contributed by atoms with Gasteiger partial charge in [-0.3, -0.25) is 0 Å². The first-order valence-electron chi connectivity index (χ1n) is 8.93. The van der Waals surface area contributed by atoms with Crippen molar-refractivity contribution in [3.05, 3.63) is 23.8 Å². The van der Waals surface area contributed by atoms with Gasteiger partial charge in [-0.1, -0.05) is 6.42 Å². The van der Waals surface area contributed by atoms with Crippen molar-refractivity contribution in [1.82, 2.24) is 4.90 Å². The molecular weight excluding hydrogens is 383 g/mol. The van der Waals surface area contributed by atoms with Gasteiger partial charge in [0.15, 0.2) is 0 Å². The summed E-state index contributed by atoms with van der Waals surface area (Å²) in [5.74, 6) is 0.536. The average molecular weight is 410 g/mol. The minimum Gasteiger partial charge on any atom is -0.497 e. The normalized spacial score (nSPS) is 30.1. The number of alkyl halides is 3. The lowest BCUT2D eigenvalue weighted by atomic mass is 9.65. The van der Waals surface area contributed by atoms with Gasteiger partial charge in [-0.05, 0) is 63.4 Å². The summed E-state index contributed by atoms with van der Waals surface area (Å²) in [5.41, 5.74) is -1.19. The van der Waals surface area contributed by atoms with Gasteiger partial charge in [-0.2, -0.15) is 0 Å². The molecule has 0 amide bonds. The van der Waals surface area contributed by atoms with E-state index in [2.05, 4.69) is 4.74 Å². The van der Waals surface area contributed by atoms with Crippen LogP contribution in [-0.2, 0) is 5.60 Å². The molecule has 4 nitrogen and oxygen atoms in total. The van der Waals surface area contributed by atoms with E-state index >= 15 is 0 Å². The molecule has 4 atom stereocenters. The molecule has 8 heteroatoms. The lowest BCUT2D eigenvalue weighted by Crippen LogP contribution is -2.47. The molecule has 0 spiro atoms. The summed E-state index contributed by atoms with van der Waals surface area (Å²) < 4.78 is 48.2. The Balaban J connectivity index is 0.00000261. The Labute approximate surface area is 164 Å². The number of methoxy groups -OCH3 is 1. The predicted octanol–water partition coefficient (Wildman–Crippen LogP) is 4.20. The van der Waals surface area contributed by atoms with E-state index in [9.17, 15) is 18.3 Å². The highest BCUT2D eigenvalue weighted by atomic mass is 35.5. The molecule has 154 valence electrons. The van der Waals surface area contributed by atoms with Gasteiger partial charge in [-0.15, -0.1) is 25.6 Å². The molecule has 0 radical (unpaired) electrons. The van der Waals surface area contributed by atoms with Crippen molar-refractivity contribution in [1.29, 1.82) is 0 Å². The fraction of sp³-hybridized carbons (Fsp3) is 0.684. The van der Waals surface area contributed by atoms with E-state index in [4.69, 9.17) is 4.74 Å². The third kappa shape index (κ3) is 4.63. The van der Waals surface area contributed by atoms with E-state index in [-0.39, 0.29) is 29.6 Å². The Hall–Kier alpha value is -1.18. The van der Waals surface area contributed by atoms with Crippen LogP contribution in [0.1, 0.15) is 31.2 Å². The number of hydrogen-bond acceptors (Lipinski definition) is 4.